The molecule has 0 fully saturated rings. The van der Waals surface area contributed by atoms with E-state index in [2.05, 4.69) is 21.7 Å². The summed E-state index contributed by atoms with van der Waals surface area (Å²) in [6.07, 6.45) is 4.82. The Morgan fingerprint density at radius 1 is 1.21 bits per heavy atom. The highest BCUT2D eigenvalue weighted by molar-refractivity contribution is 6.39. The van der Waals surface area contributed by atoms with Crippen molar-refractivity contribution in [3.63, 3.8) is 0 Å². The Kier molecular flexibility index (Phi) is 6.67. The number of aliphatic carboxylic acids is 1. The van der Waals surface area contributed by atoms with Gasteiger partial charge >= 0.3 is 5.97 Å². The van der Waals surface area contributed by atoms with E-state index in [4.69, 9.17) is 23.2 Å². The van der Waals surface area contributed by atoms with Crippen molar-refractivity contribution in [1.29, 1.82) is 0 Å². The largest absolute Gasteiger partial charge is 0.480 e. The molecular formula is C20H19Cl2N3O3. The Morgan fingerprint density at radius 3 is 2.54 bits per heavy atom. The highest BCUT2D eigenvalue weighted by Crippen LogP contribution is 2.24. The van der Waals surface area contributed by atoms with E-state index in [0.29, 0.717) is 5.69 Å². The van der Waals surface area contributed by atoms with E-state index in [1.165, 1.54) is 17.7 Å². The van der Waals surface area contributed by atoms with Crippen LogP contribution < -0.4 is 10.6 Å². The number of amides is 1. The minimum atomic E-state index is -1.16. The standard InChI is InChI=1S/C20H19Cl2N3O3/c21-15-2-1-3-16(22)18(15)19(26)25-17(20(27)28)10-14-5-4-13(11-24-14)12-6-8-23-9-7-12/h1-6,11,17,23H,7-10H2,(H,25,26)(H,27,28)/t17-/m0/s1. The number of pyridine rings is 1. The van der Waals surface area contributed by atoms with Crippen molar-refractivity contribution in [3.8, 4) is 0 Å². The molecule has 1 amide bonds. The van der Waals surface area contributed by atoms with E-state index in [9.17, 15) is 14.7 Å². The molecule has 0 saturated heterocycles. The second-order valence-corrected chi connectivity index (χ2v) is 7.20. The van der Waals surface area contributed by atoms with Crippen LogP contribution in [0.1, 0.15) is 28.0 Å². The molecule has 2 heterocycles. The molecule has 2 aromatic rings. The highest BCUT2D eigenvalue weighted by Gasteiger charge is 2.24. The van der Waals surface area contributed by atoms with Crippen LogP contribution in [0.5, 0.6) is 0 Å². The zero-order valence-corrected chi connectivity index (χ0v) is 16.4. The Hall–Kier alpha value is -2.41. The highest BCUT2D eigenvalue weighted by atomic mass is 35.5. The maximum Gasteiger partial charge on any atom is 0.326 e. The SMILES string of the molecule is O=C(N[C@@H](Cc1ccc(C2=CCNCC2)cn1)C(=O)O)c1c(Cl)cccc1Cl. The summed E-state index contributed by atoms with van der Waals surface area (Å²) in [5.74, 6) is -1.80. The van der Waals surface area contributed by atoms with Gasteiger partial charge in [0.15, 0.2) is 0 Å². The number of carbonyl (C=O) groups excluding carboxylic acids is 1. The Morgan fingerprint density at radius 2 is 1.96 bits per heavy atom. The van der Waals surface area contributed by atoms with Crippen molar-refractivity contribution < 1.29 is 14.7 Å². The molecule has 1 atom stereocenters. The summed E-state index contributed by atoms with van der Waals surface area (Å²) in [4.78, 5) is 28.5. The minimum absolute atomic E-state index is 0.0457. The second kappa shape index (κ2) is 9.19. The fraction of sp³-hybridized carbons (Fsp3) is 0.250. The number of hydrogen-bond acceptors (Lipinski definition) is 4. The number of carbonyl (C=O) groups is 2. The smallest absolute Gasteiger partial charge is 0.326 e. The number of nitrogens with zero attached hydrogens (tertiary/aromatic N) is 1. The zero-order chi connectivity index (χ0) is 20.1. The van der Waals surface area contributed by atoms with Crippen molar-refractivity contribution in [2.45, 2.75) is 18.9 Å². The Labute approximate surface area is 172 Å². The molecule has 0 aliphatic carbocycles. The van der Waals surface area contributed by atoms with Crippen LogP contribution in [0.2, 0.25) is 10.0 Å². The van der Waals surface area contributed by atoms with Crippen molar-refractivity contribution in [2.24, 2.45) is 0 Å². The molecule has 0 radical (unpaired) electrons. The predicted octanol–water partition coefficient (Wildman–Crippen LogP) is 3.19. The Bertz CT molecular complexity index is 893. The summed E-state index contributed by atoms with van der Waals surface area (Å²) in [7, 11) is 0. The third-order valence-electron chi connectivity index (χ3n) is 4.47. The summed E-state index contributed by atoms with van der Waals surface area (Å²) in [5, 5.41) is 15.5. The number of carboxylic acid groups (broad SMARTS) is 1. The monoisotopic (exact) mass is 419 g/mol. The van der Waals surface area contributed by atoms with Gasteiger partial charge < -0.3 is 15.7 Å². The Balaban J connectivity index is 1.72. The molecule has 6 nitrogen and oxygen atoms in total. The minimum Gasteiger partial charge on any atom is -0.480 e. The van der Waals surface area contributed by atoms with Crippen LogP contribution in [-0.4, -0.2) is 41.1 Å². The van der Waals surface area contributed by atoms with E-state index in [1.54, 1.807) is 18.3 Å². The summed E-state index contributed by atoms with van der Waals surface area (Å²) in [6.45, 7) is 1.75. The average Bonchev–Trinajstić information content (AvgIpc) is 2.68. The van der Waals surface area contributed by atoms with Crippen LogP contribution >= 0.6 is 23.2 Å². The predicted molar refractivity (Wildman–Crippen MR) is 109 cm³/mol. The number of rotatable bonds is 6. The number of aromatic nitrogens is 1. The summed E-state index contributed by atoms with van der Waals surface area (Å²) < 4.78 is 0. The first-order valence-electron chi connectivity index (χ1n) is 8.78. The van der Waals surface area contributed by atoms with Gasteiger partial charge in [0, 0.05) is 24.9 Å². The summed E-state index contributed by atoms with van der Waals surface area (Å²) in [6, 6.07) is 7.20. The molecule has 1 aromatic heterocycles. The number of carboxylic acids is 1. The summed E-state index contributed by atoms with van der Waals surface area (Å²) in [5.41, 5.74) is 2.85. The van der Waals surface area contributed by atoms with E-state index >= 15 is 0 Å². The van der Waals surface area contributed by atoms with E-state index in [-0.39, 0.29) is 22.0 Å². The molecule has 0 spiro atoms. The van der Waals surface area contributed by atoms with Gasteiger partial charge in [0.05, 0.1) is 15.6 Å². The van der Waals surface area contributed by atoms with E-state index < -0.39 is 17.9 Å². The lowest BCUT2D eigenvalue weighted by molar-refractivity contribution is -0.139. The first-order chi connectivity index (χ1) is 13.5. The molecule has 1 aliphatic rings. The lowest BCUT2D eigenvalue weighted by Gasteiger charge is -2.16. The molecule has 3 N–H and O–H groups in total. The first kappa shape index (κ1) is 20.3. The molecule has 0 saturated carbocycles. The first-order valence-corrected chi connectivity index (χ1v) is 9.54. The van der Waals surface area contributed by atoms with Gasteiger partial charge in [-0.3, -0.25) is 9.78 Å². The van der Waals surface area contributed by atoms with Gasteiger partial charge in [-0.1, -0.05) is 41.4 Å². The molecule has 146 valence electrons. The molecule has 0 bridgehead atoms. The molecule has 1 aliphatic heterocycles. The molecule has 8 heteroatoms. The maximum atomic E-state index is 12.5. The lowest BCUT2D eigenvalue weighted by Crippen LogP contribution is -2.42. The molecule has 28 heavy (non-hydrogen) atoms. The molecule has 1 aromatic carbocycles. The van der Waals surface area contributed by atoms with Gasteiger partial charge in [-0.2, -0.15) is 0 Å². The number of hydrogen-bond donors (Lipinski definition) is 3. The number of halogens is 2. The van der Waals surface area contributed by atoms with Crippen molar-refractivity contribution >= 4 is 40.7 Å². The normalized spacial score (nSPS) is 14.9. The zero-order valence-electron chi connectivity index (χ0n) is 14.9. The third-order valence-corrected chi connectivity index (χ3v) is 5.10. The van der Waals surface area contributed by atoms with Gasteiger partial charge in [-0.25, -0.2) is 4.79 Å². The fourth-order valence-electron chi connectivity index (χ4n) is 2.97. The lowest BCUT2D eigenvalue weighted by atomic mass is 10.0. The second-order valence-electron chi connectivity index (χ2n) is 6.39. The quantitative estimate of drug-likeness (QED) is 0.668. The fourth-order valence-corrected chi connectivity index (χ4v) is 3.54. The van der Waals surface area contributed by atoms with E-state index in [1.807, 2.05) is 6.07 Å². The molecule has 3 rings (SSSR count). The van der Waals surface area contributed by atoms with E-state index in [0.717, 1.165) is 25.1 Å². The number of benzene rings is 1. The van der Waals surface area contributed by atoms with Gasteiger partial charge in [0.2, 0.25) is 0 Å². The average molecular weight is 420 g/mol. The topological polar surface area (TPSA) is 91.3 Å². The maximum absolute atomic E-state index is 12.5. The van der Waals surface area contributed by atoms with Gasteiger partial charge in [-0.15, -0.1) is 0 Å². The third kappa shape index (κ3) is 4.90. The van der Waals surface area contributed by atoms with Crippen LogP contribution in [0.25, 0.3) is 5.57 Å². The molecular weight excluding hydrogens is 401 g/mol. The van der Waals surface area contributed by atoms with Crippen LogP contribution in [0, 0.1) is 0 Å². The van der Waals surface area contributed by atoms with Crippen molar-refractivity contribution in [2.75, 3.05) is 13.1 Å². The summed E-state index contributed by atoms with van der Waals surface area (Å²) >= 11 is 12.0. The van der Waals surface area contributed by atoms with Crippen molar-refractivity contribution in [1.82, 2.24) is 15.6 Å². The molecule has 0 unspecified atom stereocenters. The van der Waals surface area contributed by atoms with Gasteiger partial charge in [0.1, 0.15) is 6.04 Å². The van der Waals surface area contributed by atoms with Crippen LogP contribution in [0.15, 0.2) is 42.6 Å². The van der Waals surface area contributed by atoms with Crippen LogP contribution in [-0.2, 0) is 11.2 Å². The number of nitrogens with one attached hydrogen (secondary N) is 2. The van der Waals surface area contributed by atoms with Crippen LogP contribution in [0.3, 0.4) is 0 Å². The van der Waals surface area contributed by atoms with Crippen molar-refractivity contribution in [3.05, 3.63) is 69.5 Å². The van der Waals surface area contributed by atoms with Gasteiger partial charge in [-0.05, 0) is 42.3 Å². The van der Waals surface area contributed by atoms with Crippen LogP contribution in [0.4, 0.5) is 0 Å². The van der Waals surface area contributed by atoms with Gasteiger partial charge in [0.25, 0.3) is 5.91 Å².